The van der Waals surface area contributed by atoms with Crippen molar-refractivity contribution in [1.29, 1.82) is 0 Å². The van der Waals surface area contributed by atoms with Gasteiger partial charge in [-0.3, -0.25) is 0 Å². The molecule has 2 amide bonds. The smallest absolute Gasteiger partial charge is 0.334 e. The largest absolute Gasteiger partial charge is 0.479 e. The number of rotatable bonds is 6. The molecular formula is C10H16N4O4. The summed E-state index contributed by atoms with van der Waals surface area (Å²) in [5, 5.41) is 13.7. The highest BCUT2D eigenvalue weighted by Gasteiger charge is 2.16. The van der Waals surface area contributed by atoms with Crippen LogP contribution in [0.1, 0.15) is 5.82 Å². The number of carboxylic acid groups (broad SMARTS) is 1. The van der Waals surface area contributed by atoms with Gasteiger partial charge in [-0.15, -0.1) is 0 Å². The van der Waals surface area contributed by atoms with Crippen molar-refractivity contribution in [2.45, 2.75) is 12.6 Å². The second-order valence-corrected chi connectivity index (χ2v) is 3.58. The molecule has 0 saturated heterocycles. The zero-order valence-corrected chi connectivity index (χ0v) is 10.2. The van der Waals surface area contributed by atoms with Crippen molar-refractivity contribution in [2.24, 2.45) is 7.05 Å². The van der Waals surface area contributed by atoms with Crippen LogP contribution in [0.5, 0.6) is 0 Å². The summed E-state index contributed by atoms with van der Waals surface area (Å²) < 4.78 is 6.45. The van der Waals surface area contributed by atoms with Crippen LogP contribution in [0.4, 0.5) is 4.79 Å². The third-order valence-corrected chi connectivity index (χ3v) is 2.34. The fourth-order valence-electron chi connectivity index (χ4n) is 1.25. The van der Waals surface area contributed by atoms with Gasteiger partial charge in [-0.2, -0.15) is 0 Å². The monoisotopic (exact) mass is 256 g/mol. The van der Waals surface area contributed by atoms with Crippen molar-refractivity contribution in [1.82, 2.24) is 20.2 Å². The summed E-state index contributed by atoms with van der Waals surface area (Å²) in [7, 11) is 3.08. The summed E-state index contributed by atoms with van der Waals surface area (Å²) in [4.78, 5) is 26.0. The van der Waals surface area contributed by atoms with E-state index in [1.54, 1.807) is 17.0 Å². The van der Waals surface area contributed by atoms with Gasteiger partial charge in [0.1, 0.15) is 5.82 Å². The third kappa shape index (κ3) is 4.06. The van der Waals surface area contributed by atoms with Crippen LogP contribution in [0.2, 0.25) is 0 Å². The number of carboxylic acids is 1. The van der Waals surface area contributed by atoms with Crippen LogP contribution in [0.15, 0.2) is 12.4 Å². The van der Waals surface area contributed by atoms with Crippen molar-refractivity contribution in [2.75, 3.05) is 13.7 Å². The first kappa shape index (κ1) is 14.0. The molecule has 1 aromatic rings. The Hall–Kier alpha value is -2.09. The van der Waals surface area contributed by atoms with Crippen LogP contribution in [0.3, 0.4) is 0 Å². The van der Waals surface area contributed by atoms with Crippen LogP contribution in [-0.2, 0) is 23.1 Å². The van der Waals surface area contributed by atoms with Crippen molar-refractivity contribution in [3.05, 3.63) is 18.2 Å². The van der Waals surface area contributed by atoms with Gasteiger partial charge in [-0.25, -0.2) is 14.6 Å². The molecule has 100 valence electrons. The molecule has 0 aliphatic carbocycles. The average Bonchev–Trinajstić information content (AvgIpc) is 2.72. The lowest BCUT2D eigenvalue weighted by Gasteiger charge is -2.12. The predicted molar refractivity (Wildman–Crippen MR) is 61.9 cm³/mol. The van der Waals surface area contributed by atoms with E-state index in [1.165, 1.54) is 7.11 Å². The zero-order valence-electron chi connectivity index (χ0n) is 10.2. The lowest BCUT2D eigenvalue weighted by atomic mass is 10.3. The Bertz CT molecular complexity index is 418. The first-order chi connectivity index (χ1) is 8.54. The molecule has 0 saturated carbocycles. The Balaban J connectivity index is 2.30. The molecule has 0 fully saturated rings. The number of nitrogens with one attached hydrogen (secondary N) is 2. The minimum Gasteiger partial charge on any atom is -0.479 e. The molecule has 18 heavy (non-hydrogen) atoms. The molecule has 0 aliphatic heterocycles. The number of hydrogen-bond acceptors (Lipinski definition) is 4. The summed E-state index contributed by atoms with van der Waals surface area (Å²) in [6.45, 7) is 0.165. The number of ether oxygens (including phenoxy) is 1. The number of carbonyl (C=O) groups excluding carboxylic acids is 1. The van der Waals surface area contributed by atoms with E-state index in [9.17, 15) is 9.59 Å². The summed E-state index contributed by atoms with van der Waals surface area (Å²) in [6, 6.07) is -0.471. The summed E-state index contributed by atoms with van der Waals surface area (Å²) in [6.07, 6.45) is 2.34. The maximum absolute atomic E-state index is 11.4. The Morgan fingerprint density at radius 1 is 1.56 bits per heavy atom. The number of aliphatic carboxylic acids is 1. The fourth-order valence-corrected chi connectivity index (χ4v) is 1.25. The van der Waals surface area contributed by atoms with Crippen LogP contribution < -0.4 is 10.6 Å². The number of urea groups is 1. The van der Waals surface area contributed by atoms with Gasteiger partial charge in [0.25, 0.3) is 0 Å². The molecule has 8 nitrogen and oxygen atoms in total. The average molecular weight is 256 g/mol. The van der Waals surface area contributed by atoms with Crippen LogP contribution in [-0.4, -0.2) is 46.4 Å². The van der Waals surface area contributed by atoms with E-state index in [0.717, 1.165) is 0 Å². The van der Waals surface area contributed by atoms with Crippen LogP contribution in [0, 0.1) is 0 Å². The number of aromatic nitrogens is 2. The number of nitrogens with zero attached hydrogens (tertiary/aromatic N) is 2. The number of imidazole rings is 1. The molecule has 1 rings (SSSR count). The first-order valence-corrected chi connectivity index (χ1v) is 5.28. The highest BCUT2D eigenvalue weighted by Crippen LogP contribution is 1.93. The SMILES string of the molecule is COC(CNC(=O)NCc1nccn1C)C(=O)O. The molecular weight excluding hydrogens is 240 g/mol. The van der Waals surface area contributed by atoms with Crippen LogP contribution >= 0.6 is 0 Å². The topological polar surface area (TPSA) is 105 Å². The molecule has 0 aromatic carbocycles. The molecule has 1 atom stereocenters. The van der Waals surface area contributed by atoms with E-state index in [2.05, 4.69) is 20.4 Å². The maximum Gasteiger partial charge on any atom is 0.334 e. The van der Waals surface area contributed by atoms with E-state index in [4.69, 9.17) is 5.11 Å². The fraction of sp³-hybridized carbons (Fsp3) is 0.500. The second kappa shape index (κ2) is 6.60. The second-order valence-electron chi connectivity index (χ2n) is 3.58. The van der Waals surface area contributed by atoms with Crippen molar-refractivity contribution >= 4 is 12.0 Å². The summed E-state index contributed by atoms with van der Waals surface area (Å²) >= 11 is 0. The van der Waals surface area contributed by atoms with Gasteiger partial charge in [-0.1, -0.05) is 0 Å². The number of methoxy groups -OCH3 is 1. The highest BCUT2D eigenvalue weighted by molar-refractivity contribution is 5.76. The molecule has 1 aromatic heterocycles. The molecule has 1 unspecified atom stereocenters. The van der Waals surface area contributed by atoms with Crippen molar-refractivity contribution < 1.29 is 19.4 Å². The Morgan fingerprint density at radius 2 is 2.28 bits per heavy atom. The molecule has 8 heteroatoms. The van der Waals surface area contributed by atoms with Gasteiger partial charge in [-0.05, 0) is 0 Å². The van der Waals surface area contributed by atoms with E-state index >= 15 is 0 Å². The van der Waals surface area contributed by atoms with Crippen LogP contribution in [0.25, 0.3) is 0 Å². The summed E-state index contributed by atoms with van der Waals surface area (Å²) in [5.74, 6) is -0.423. The Kier molecular flexibility index (Phi) is 5.12. The molecule has 0 spiro atoms. The molecule has 0 bridgehead atoms. The van der Waals surface area contributed by atoms with Gasteiger partial charge in [0, 0.05) is 26.6 Å². The number of aryl methyl sites for hydroxylation is 1. The minimum atomic E-state index is -1.12. The highest BCUT2D eigenvalue weighted by atomic mass is 16.5. The Morgan fingerprint density at radius 3 is 2.78 bits per heavy atom. The standard InChI is InChI=1S/C10H16N4O4/c1-14-4-3-11-8(14)6-13-10(17)12-5-7(18-2)9(15)16/h3-4,7H,5-6H2,1-2H3,(H,15,16)(H2,12,13,17). The molecule has 0 radical (unpaired) electrons. The number of carbonyl (C=O) groups is 2. The van der Waals surface area contributed by atoms with E-state index in [0.29, 0.717) is 5.82 Å². The number of amides is 2. The first-order valence-electron chi connectivity index (χ1n) is 5.28. The van der Waals surface area contributed by atoms with Gasteiger partial charge in [0.05, 0.1) is 13.1 Å². The van der Waals surface area contributed by atoms with E-state index < -0.39 is 18.1 Å². The van der Waals surface area contributed by atoms with Gasteiger partial charge >= 0.3 is 12.0 Å². The Labute approximate surface area is 104 Å². The van der Waals surface area contributed by atoms with Crippen molar-refractivity contribution in [3.8, 4) is 0 Å². The summed E-state index contributed by atoms with van der Waals surface area (Å²) in [5.41, 5.74) is 0. The lowest BCUT2D eigenvalue weighted by Crippen LogP contribution is -2.42. The maximum atomic E-state index is 11.4. The number of hydrogen-bond donors (Lipinski definition) is 3. The molecule has 3 N–H and O–H groups in total. The molecule has 1 heterocycles. The third-order valence-electron chi connectivity index (χ3n) is 2.34. The zero-order chi connectivity index (χ0) is 13.5. The van der Waals surface area contributed by atoms with Gasteiger partial charge < -0.3 is 25.0 Å². The quantitative estimate of drug-likeness (QED) is 0.625. The molecule has 0 aliphatic rings. The van der Waals surface area contributed by atoms with Crippen molar-refractivity contribution in [3.63, 3.8) is 0 Å². The predicted octanol–water partition coefficient (Wildman–Crippen LogP) is -0.681. The lowest BCUT2D eigenvalue weighted by molar-refractivity contribution is -0.147. The minimum absolute atomic E-state index is 0.0990. The van der Waals surface area contributed by atoms with Gasteiger partial charge in [0.2, 0.25) is 0 Å². The normalized spacial score (nSPS) is 11.9. The van der Waals surface area contributed by atoms with E-state index in [1.807, 2.05) is 7.05 Å². The van der Waals surface area contributed by atoms with Gasteiger partial charge in [0.15, 0.2) is 6.10 Å². The van der Waals surface area contributed by atoms with E-state index in [-0.39, 0.29) is 13.1 Å².